The van der Waals surface area contributed by atoms with Gasteiger partial charge in [0.1, 0.15) is 17.5 Å². The Bertz CT molecular complexity index is 482. The van der Waals surface area contributed by atoms with Crippen molar-refractivity contribution in [1.82, 2.24) is 14.5 Å². The van der Waals surface area contributed by atoms with Crippen LogP contribution >= 0.6 is 11.6 Å². The molecular weight excluding hydrogens is 242 g/mol. The highest BCUT2D eigenvalue weighted by Crippen LogP contribution is 2.02. The molecule has 1 rings (SSSR count). The summed E-state index contributed by atoms with van der Waals surface area (Å²) in [4.78, 5) is 29.0. The predicted octanol–water partition coefficient (Wildman–Crippen LogP) is 1.07. The number of aromatic nitrogens is 2. The topological polar surface area (TPSA) is 55.2 Å². The molecule has 1 aromatic rings. The summed E-state index contributed by atoms with van der Waals surface area (Å²) in [6, 6.07) is 1.30. The second-order valence-electron chi connectivity index (χ2n) is 4.15. The minimum atomic E-state index is -0.312. The fraction of sp³-hybridized carbons (Fsp3) is 0.545. The fourth-order valence-electron chi connectivity index (χ4n) is 1.31. The van der Waals surface area contributed by atoms with Crippen LogP contribution in [0.5, 0.6) is 0 Å². The molecule has 0 bridgehead atoms. The summed E-state index contributed by atoms with van der Waals surface area (Å²) in [5.74, 6) is 0.308. The van der Waals surface area contributed by atoms with Crippen molar-refractivity contribution in [3.05, 3.63) is 27.4 Å². The summed E-state index contributed by atoms with van der Waals surface area (Å²) in [6.45, 7) is 5.46. The van der Waals surface area contributed by atoms with E-state index in [0.29, 0.717) is 5.82 Å². The summed E-state index contributed by atoms with van der Waals surface area (Å²) in [5.41, 5.74) is -0.312. The first-order valence-electron chi connectivity index (χ1n) is 5.32. The molecule has 0 aromatic carbocycles. The van der Waals surface area contributed by atoms with Gasteiger partial charge >= 0.3 is 0 Å². The molecule has 0 aliphatic heterocycles. The van der Waals surface area contributed by atoms with Crippen LogP contribution in [0.25, 0.3) is 0 Å². The number of halogens is 1. The van der Waals surface area contributed by atoms with Gasteiger partial charge in [0.25, 0.3) is 5.56 Å². The van der Waals surface area contributed by atoms with E-state index >= 15 is 0 Å². The maximum absolute atomic E-state index is 11.8. The van der Waals surface area contributed by atoms with Gasteiger partial charge in [0.05, 0.1) is 0 Å². The van der Waals surface area contributed by atoms with Gasteiger partial charge in [-0.1, -0.05) is 11.6 Å². The monoisotopic (exact) mass is 257 g/mol. The first-order chi connectivity index (χ1) is 7.82. The van der Waals surface area contributed by atoms with E-state index in [1.807, 2.05) is 13.8 Å². The van der Waals surface area contributed by atoms with Crippen LogP contribution in [-0.2, 0) is 11.3 Å². The van der Waals surface area contributed by atoms with Gasteiger partial charge in [-0.25, -0.2) is 4.98 Å². The third kappa shape index (κ3) is 3.30. The van der Waals surface area contributed by atoms with Gasteiger partial charge in [-0.3, -0.25) is 14.2 Å². The molecule has 0 saturated carbocycles. The summed E-state index contributed by atoms with van der Waals surface area (Å²) < 4.78 is 1.31. The predicted molar refractivity (Wildman–Crippen MR) is 66.2 cm³/mol. The van der Waals surface area contributed by atoms with Crippen LogP contribution < -0.4 is 5.56 Å². The van der Waals surface area contributed by atoms with Crippen LogP contribution in [0.1, 0.15) is 19.7 Å². The van der Waals surface area contributed by atoms with E-state index in [0.717, 1.165) is 0 Å². The molecular formula is C11H16ClN3O2. The second-order valence-corrected chi connectivity index (χ2v) is 4.54. The molecule has 0 saturated heterocycles. The van der Waals surface area contributed by atoms with Gasteiger partial charge in [0.2, 0.25) is 5.91 Å². The number of carbonyl (C=O) groups excluding carboxylic acids is 1. The number of likely N-dealkylation sites (N-methyl/N-ethyl adjacent to an activating group) is 1. The number of amides is 1. The number of carbonyl (C=O) groups is 1. The molecule has 0 unspecified atom stereocenters. The van der Waals surface area contributed by atoms with Crippen molar-refractivity contribution in [2.45, 2.75) is 33.4 Å². The number of hydrogen-bond acceptors (Lipinski definition) is 3. The van der Waals surface area contributed by atoms with Crippen LogP contribution in [0, 0.1) is 6.92 Å². The summed E-state index contributed by atoms with van der Waals surface area (Å²) >= 11 is 5.65. The van der Waals surface area contributed by atoms with Crippen molar-refractivity contribution >= 4 is 17.5 Å². The van der Waals surface area contributed by atoms with E-state index < -0.39 is 0 Å². The lowest BCUT2D eigenvalue weighted by atomic mass is 10.3. The molecule has 0 aliphatic carbocycles. The van der Waals surface area contributed by atoms with Crippen molar-refractivity contribution in [2.24, 2.45) is 0 Å². The third-order valence-corrected chi connectivity index (χ3v) is 2.82. The van der Waals surface area contributed by atoms with Crippen molar-refractivity contribution in [2.75, 3.05) is 7.05 Å². The third-order valence-electron chi connectivity index (χ3n) is 2.63. The standard InChI is InChI=1S/C11H16ClN3O2/c1-7(2)14(4)11(17)6-15-8(3)13-9(12)5-10(15)16/h5,7H,6H2,1-4H3. The Morgan fingerprint density at radius 1 is 1.59 bits per heavy atom. The van der Waals surface area contributed by atoms with Gasteiger partial charge in [0.15, 0.2) is 0 Å². The Morgan fingerprint density at radius 3 is 2.65 bits per heavy atom. The molecule has 1 amide bonds. The SMILES string of the molecule is Cc1nc(Cl)cc(=O)n1CC(=O)N(C)C(C)C. The molecule has 0 spiro atoms. The van der Waals surface area contributed by atoms with Crippen LogP contribution in [-0.4, -0.2) is 33.4 Å². The minimum Gasteiger partial charge on any atom is -0.342 e. The molecule has 1 aromatic heterocycles. The first kappa shape index (κ1) is 13.7. The minimum absolute atomic E-state index is 0.0104. The Hall–Kier alpha value is -1.36. The van der Waals surface area contributed by atoms with Crippen LogP contribution in [0.4, 0.5) is 0 Å². The Morgan fingerprint density at radius 2 is 2.18 bits per heavy atom. The van der Waals surface area contributed by atoms with Gasteiger partial charge in [0, 0.05) is 19.2 Å². The smallest absolute Gasteiger partial charge is 0.255 e. The molecule has 1 heterocycles. The molecule has 5 nitrogen and oxygen atoms in total. The Balaban J connectivity index is 2.97. The summed E-state index contributed by atoms with van der Waals surface area (Å²) in [7, 11) is 1.71. The van der Waals surface area contributed by atoms with Crippen molar-refractivity contribution < 1.29 is 4.79 Å². The lowest BCUT2D eigenvalue weighted by Crippen LogP contribution is -2.38. The maximum Gasteiger partial charge on any atom is 0.255 e. The fourth-order valence-corrected chi connectivity index (χ4v) is 1.53. The first-order valence-corrected chi connectivity index (χ1v) is 5.70. The van der Waals surface area contributed by atoms with E-state index in [-0.39, 0.29) is 29.2 Å². The lowest BCUT2D eigenvalue weighted by Gasteiger charge is -2.22. The molecule has 0 fully saturated rings. The molecule has 0 radical (unpaired) electrons. The molecule has 0 atom stereocenters. The zero-order valence-corrected chi connectivity index (χ0v) is 11.2. The largest absolute Gasteiger partial charge is 0.342 e. The zero-order valence-electron chi connectivity index (χ0n) is 10.4. The second kappa shape index (κ2) is 5.31. The van der Waals surface area contributed by atoms with Gasteiger partial charge in [-0.2, -0.15) is 0 Å². The van der Waals surface area contributed by atoms with Gasteiger partial charge in [-0.05, 0) is 20.8 Å². The number of rotatable bonds is 3. The van der Waals surface area contributed by atoms with Gasteiger partial charge in [-0.15, -0.1) is 0 Å². The number of hydrogen-bond donors (Lipinski definition) is 0. The van der Waals surface area contributed by atoms with E-state index in [4.69, 9.17) is 11.6 Å². The van der Waals surface area contributed by atoms with Crippen molar-refractivity contribution in [3.8, 4) is 0 Å². The normalized spacial score (nSPS) is 10.7. The Labute approximate surface area is 105 Å². The van der Waals surface area contributed by atoms with E-state index in [9.17, 15) is 9.59 Å². The molecule has 6 heteroatoms. The highest BCUT2D eigenvalue weighted by atomic mass is 35.5. The molecule has 0 N–H and O–H groups in total. The van der Waals surface area contributed by atoms with Crippen LogP contribution in [0.3, 0.4) is 0 Å². The summed E-state index contributed by atoms with van der Waals surface area (Å²) in [5, 5.41) is 0.147. The molecule has 94 valence electrons. The molecule has 17 heavy (non-hydrogen) atoms. The highest BCUT2D eigenvalue weighted by Gasteiger charge is 2.14. The van der Waals surface area contributed by atoms with Crippen molar-refractivity contribution in [3.63, 3.8) is 0 Å². The number of nitrogens with zero attached hydrogens (tertiary/aromatic N) is 3. The maximum atomic E-state index is 11.8. The van der Waals surface area contributed by atoms with Gasteiger partial charge < -0.3 is 4.90 Å². The molecule has 0 aliphatic rings. The number of aryl methyl sites for hydroxylation is 1. The van der Waals surface area contributed by atoms with E-state index in [1.54, 1.807) is 18.9 Å². The zero-order chi connectivity index (χ0) is 13.2. The highest BCUT2D eigenvalue weighted by molar-refractivity contribution is 6.29. The van der Waals surface area contributed by atoms with Crippen LogP contribution in [0.15, 0.2) is 10.9 Å². The Kier molecular flexibility index (Phi) is 4.28. The van der Waals surface area contributed by atoms with Crippen molar-refractivity contribution in [1.29, 1.82) is 0 Å². The lowest BCUT2D eigenvalue weighted by molar-refractivity contribution is -0.132. The average Bonchev–Trinajstić information content (AvgIpc) is 2.21. The van der Waals surface area contributed by atoms with Crippen LogP contribution in [0.2, 0.25) is 5.15 Å². The average molecular weight is 258 g/mol. The van der Waals surface area contributed by atoms with E-state index in [2.05, 4.69) is 4.98 Å². The van der Waals surface area contributed by atoms with E-state index in [1.165, 1.54) is 10.6 Å². The summed E-state index contributed by atoms with van der Waals surface area (Å²) in [6.07, 6.45) is 0. The quantitative estimate of drug-likeness (QED) is 0.762.